The fraction of sp³-hybridized carbons (Fsp3) is 0.273. The fourth-order valence-electron chi connectivity index (χ4n) is 0.922. The van der Waals surface area contributed by atoms with Crippen LogP contribution in [0.1, 0.15) is 18.9 Å². The highest BCUT2D eigenvalue weighted by molar-refractivity contribution is 5.49. The Bertz CT molecular complexity index is 238. The van der Waals surface area contributed by atoms with Crippen LogP contribution in [0.25, 0.3) is 6.08 Å². The van der Waals surface area contributed by atoms with Gasteiger partial charge < -0.3 is 5.11 Å². The minimum atomic E-state index is -0.315. The topological polar surface area (TPSA) is 20.2 Å². The van der Waals surface area contributed by atoms with Gasteiger partial charge in [0.2, 0.25) is 0 Å². The maximum Gasteiger partial charge on any atom is 0.0721 e. The fourth-order valence-corrected chi connectivity index (χ4v) is 0.922. The van der Waals surface area contributed by atoms with Crippen molar-refractivity contribution in [1.82, 2.24) is 0 Å². The summed E-state index contributed by atoms with van der Waals surface area (Å²) in [6.07, 6.45) is 4.21. The largest absolute Gasteiger partial charge is 0.389 e. The quantitative estimate of drug-likeness (QED) is 0.724. The Morgan fingerprint density at radius 2 is 2.00 bits per heavy atom. The van der Waals surface area contributed by atoms with E-state index in [1.54, 1.807) is 0 Å². The van der Waals surface area contributed by atoms with E-state index in [9.17, 15) is 5.11 Å². The van der Waals surface area contributed by atoms with Crippen molar-refractivity contribution >= 4 is 6.08 Å². The molecular weight excluding hydrogens is 148 g/mol. The van der Waals surface area contributed by atoms with Crippen LogP contribution in [0.3, 0.4) is 0 Å². The van der Waals surface area contributed by atoms with E-state index in [2.05, 4.69) is 0 Å². The molecule has 0 aliphatic rings. The lowest BCUT2D eigenvalue weighted by Gasteiger charge is -1.98. The second-order valence-corrected chi connectivity index (χ2v) is 2.75. The van der Waals surface area contributed by atoms with Gasteiger partial charge >= 0.3 is 0 Å². The molecule has 1 atom stereocenters. The van der Waals surface area contributed by atoms with Crippen LogP contribution in [0.2, 0.25) is 0 Å². The molecule has 1 N–H and O–H groups in total. The third-order valence-corrected chi connectivity index (χ3v) is 1.73. The summed E-state index contributed by atoms with van der Waals surface area (Å²) in [6, 6.07) is 9.97. The number of rotatable bonds is 3. The van der Waals surface area contributed by atoms with Crippen LogP contribution in [-0.4, -0.2) is 11.2 Å². The molecule has 1 aromatic rings. The van der Waals surface area contributed by atoms with E-state index in [0.717, 1.165) is 12.0 Å². The predicted octanol–water partition coefficient (Wildman–Crippen LogP) is 2.47. The minimum Gasteiger partial charge on any atom is -0.389 e. The summed E-state index contributed by atoms with van der Waals surface area (Å²) in [4.78, 5) is 0. The second kappa shape index (κ2) is 4.73. The van der Waals surface area contributed by atoms with Crippen LogP contribution in [0, 0.1) is 0 Å². The Hall–Kier alpha value is -1.08. The van der Waals surface area contributed by atoms with Gasteiger partial charge in [-0.2, -0.15) is 0 Å². The van der Waals surface area contributed by atoms with Gasteiger partial charge in [-0.25, -0.2) is 0 Å². The van der Waals surface area contributed by atoms with Gasteiger partial charge in [0.1, 0.15) is 0 Å². The molecular formula is C11H14O. The zero-order valence-electron chi connectivity index (χ0n) is 7.27. The molecule has 0 aliphatic carbocycles. The Morgan fingerprint density at radius 3 is 2.58 bits per heavy atom. The third-order valence-electron chi connectivity index (χ3n) is 1.73. The predicted molar refractivity (Wildman–Crippen MR) is 51.8 cm³/mol. The summed E-state index contributed by atoms with van der Waals surface area (Å²) >= 11 is 0. The molecule has 12 heavy (non-hydrogen) atoms. The van der Waals surface area contributed by atoms with Gasteiger partial charge in [0.25, 0.3) is 0 Å². The highest BCUT2D eigenvalue weighted by atomic mass is 16.3. The van der Waals surface area contributed by atoms with E-state index in [0.29, 0.717) is 0 Å². The Kier molecular flexibility index (Phi) is 3.55. The van der Waals surface area contributed by atoms with Crippen molar-refractivity contribution < 1.29 is 5.11 Å². The summed E-state index contributed by atoms with van der Waals surface area (Å²) in [5.41, 5.74) is 1.13. The Labute approximate surface area is 73.4 Å². The number of benzene rings is 1. The summed E-state index contributed by atoms with van der Waals surface area (Å²) in [5, 5.41) is 9.23. The summed E-state index contributed by atoms with van der Waals surface area (Å²) < 4.78 is 0. The van der Waals surface area contributed by atoms with Gasteiger partial charge in [-0.15, -0.1) is 0 Å². The van der Waals surface area contributed by atoms with Gasteiger partial charge in [0.05, 0.1) is 6.10 Å². The smallest absolute Gasteiger partial charge is 0.0721 e. The normalized spacial score (nSPS) is 13.5. The van der Waals surface area contributed by atoms with Crippen LogP contribution in [0.15, 0.2) is 36.4 Å². The maximum atomic E-state index is 9.23. The lowest BCUT2D eigenvalue weighted by atomic mass is 10.2. The molecule has 0 aliphatic heterocycles. The first-order chi connectivity index (χ1) is 5.83. The third kappa shape index (κ3) is 2.89. The van der Waals surface area contributed by atoms with Crippen molar-refractivity contribution in [3.05, 3.63) is 42.0 Å². The molecule has 0 heterocycles. The van der Waals surface area contributed by atoms with Gasteiger partial charge in [0, 0.05) is 0 Å². The van der Waals surface area contributed by atoms with E-state index in [4.69, 9.17) is 0 Å². The molecule has 0 amide bonds. The average Bonchev–Trinajstić information content (AvgIpc) is 2.16. The number of aliphatic hydroxyl groups is 1. The van der Waals surface area contributed by atoms with Gasteiger partial charge in [0.15, 0.2) is 0 Å². The Balaban J connectivity index is 2.58. The average molecular weight is 162 g/mol. The van der Waals surface area contributed by atoms with Crippen LogP contribution < -0.4 is 0 Å². The molecule has 1 heteroatoms. The molecule has 0 aromatic heterocycles. The lowest BCUT2D eigenvalue weighted by molar-refractivity contribution is 0.220. The number of hydrogen-bond donors (Lipinski definition) is 1. The van der Waals surface area contributed by atoms with E-state index >= 15 is 0 Å². The first-order valence-electron chi connectivity index (χ1n) is 4.24. The minimum absolute atomic E-state index is 0.315. The summed E-state index contributed by atoms with van der Waals surface area (Å²) in [7, 11) is 0. The second-order valence-electron chi connectivity index (χ2n) is 2.75. The van der Waals surface area contributed by atoms with Crippen LogP contribution in [0.4, 0.5) is 0 Å². The molecule has 0 radical (unpaired) electrons. The molecule has 0 fully saturated rings. The Morgan fingerprint density at radius 1 is 1.33 bits per heavy atom. The van der Waals surface area contributed by atoms with Crippen molar-refractivity contribution in [3.63, 3.8) is 0 Å². The highest BCUT2D eigenvalue weighted by Gasteiger charge is 1.91. The standard InChI is InChI=1S/C11H14O/c1-2-11(12)9-8-10-6-4-3-5-7-10/h3-9,11-12H,2H2,1H3. The number of hydrogen-bond acceptors (Lipinski definition) is 1. The molecule has 1 aromatic carbocycles. The van der Waals surface area contributed by atoms with Crippen LogP contribution in [0.5, 0.6) is 0 Å². The van der Waals surface area contributed by atoms with E-state index < -0.39 is 0 Å². The van der Waals surface area contributed by atoms with Gasteiger partial charge in [-0.3, -0.25) is 0 Å². The van der Waals surface area contributed by atoms with Crippen molar-refractivity contribution in [2.45, 2.75) is 19.4 Å². The van der Waals surface area contributed by atoms with Crippen LogP contribution in [-0.2, 0) is 0 Å². The molecule has 0 saturated heterocycles. The summed E-state index contributed by atoms with van der Waals surface area (Å²) in [5.74, 6) is 0. The van der Waals surface area contributed by atoms with Crippen molar-refractivity contribution in [2.24, 2.45) is 0 Å². The van der Waals surface area contributed by atoms with E-state index in [1.165, 1.54) is 0 Å². The van der Waals surface area contributed by atoms with Crippen LogP contribution >= 0.6 is 0 Å². The van der Waals surface area contributed by atoms with E-state index in [1.807, 2.05) is 49.4 Å². The molecule has 1 rings (SSSR count). The SMILES string of the molecule is CCC(O)C=Cc1ccccc1. The number of aliphatic hydroxyl groups excluding tert-OH is 1. The maximum absolute atomic E-state index is 9.23. The van der Waals surface area contributed by atoms with Crippen molar-refractivity contribution in [1.29, 1.82) is 0 Å². The molecule has 64 valence electrons. The highest BCUT2D eigenvalue weighted by Crippen LogP contribution is 2.02. The van der Waals surface area contributed by atoms with Crippen molar-refractivity contribution in [2.75, 3.05) is 0 Å². The molecule has 0 spiro atoms. The van der Waals surface area contributed by atoms with Gasteiger partial charge in [-0.05, 0) is 12.0 Å². The lowest BCUT2D eigenvalue weighted by Crippen LogP contribution is -1.97. The zero-order chi connectivity index (χ0) is 8.81. The first kappa shape index (κ1) is 9.01. The van der Waals surface area contributed by atoms with E-state index in [-0.39, 0.29) is 6.10 Å². The van der Waals surface area contributed by atoms with Gasteiger partial charge in [-0.1, -0.05) is 49.4 Å². The summed E-state index contributed by atoms with van der Waals surface area (Å²) in [6.45, 7) is 1.96. The molecule has 1 nitrogen and oxygen atoms in total. The monoisotopic (exact) mass is 162 g/mol. The zero-order valence-corrected chi connectivity index (χ0v) is 7.27. The van der Waals surface area contributed by atoms with Crippen molar-refractivity contribution in [3.8, 4) is 0 Å². The molecule has 1 unspecified atom stereocenters. The molecule has 0 saturated carbocycles. The first-order valence-corrected chi connectivity index (χ1v) is 4.24. The molecule has 0 bridgehead atoms.